The Kier molecular flexibility index (Phi) is 8.43. The molecule has 0 aromatic heterocycles. The molecule has 0 radical (unpaired) electrons. The molecule has 4 N–H and O–H groups in total. The Balaban J connectivity index is 2.81. The third-order valence-electron chi connectivity index (χ3n) is 3.46. The lowest BCUT2D eigenvalue weighted by atomic mass is 10.0. The maximum atomic E-state index is 12.6. The molecule has 0 spiro atoms. The van der Waals surface area contributed by atoms with Crippen molar-refractivity contribution in [3.8, 4) is 0 Å². The summed E-state index contributed by atoms with van der Waals surface area (Å²) in [7, 11) is 0. The van der Waals surface area contributed by atoms with Crippen LogP contribution in [0.4, 0.5) is 4.79 Å². The highest BCUT2D eigenvalue weighted by Gasteiger charge is 2.27. The van der Waals surface area contributed by atoms with E-state index in [-0.39, 0.29) is 6.42 Å². The zero-order valence-electron chi connectivity index (χ0n) is 16.4. The van der Waals surface area contributed by atoms with E-state index in [0.717, 1.165) is 5.56 Å². The summed E-state index contributed by atoms with van der Waals surface area (Å²) in [6, 6.07) is 7.09. The van der Waals surface area contributed by atoms with Crippen LogP contribution in [0.2, 0.25) is 0 Å². The maximum absolute atomic E-state index is 12.6. The molecule has 0 unspecified atom stereocenters. The van der Waals surface area contributed by atoms with Gasteiger partial charge in [0.2, 0.25) is 11.8 Å². The molecule has 0 aliphatic rings. The van der Waals surface area contributed by atoms with E-state index in [1.807, 2.05) is 6.07 Å². The minimum atomic E-state index is -1.19. The first-order valence-corrected chi connectivity index (χ1v) is 8.81. The first-order valence-electron chi connectivity index (χ1n) is 8.81. The summed E-state index contributed by atoms with van der Waals surface area (Å²) in [5.74, 6) is -2.43. The summed E-state index contributed by atoms with van der Waals surface area (Å²) < 4.78 is 5.20. The van der Waals surface area contributed by atoms with Gasteiger partial charge in [-0.2, -0.15) is 0 Å². The van der Waals surface area contributed by atoms with E-state index in [1.165, 1.54) is 6.92 Å². The molecule has 9 heteroatoms. The molecule has 1 aromatic carbocycles. The number of carboxylic acids is 1. The summed E-state index contributed by atoms with van der Waals surface area (Å²) in [6.45, 7) is 5.97. The van der Waals surface area contributed by atoms with Gasteiger partial charge in [-0.25, -0.2) is 4.79 Å². The Bertz CT molecular complexity index is 699. The van der Waals surface area contributed by atoms with Crippen LogP contribution in [0.1, 0.15) is 33.3 Å². The quantitative estimate of drug-likeness (QED) is 0.517. The molecule has 0 fully saturated rings. The Morgan fingerprint density at radius 2 is 1.64 bits per heavy atom. The number of carboxylic acid groups (broad SMARTS) is 1. The van der Waals surface area contributed by atoms with Gasteiger partial charge in [0.15, 0.2) is 0 Å². The molecule has 0 heterocycles. The fraction of sp³-hybridized carbons (Fsp3) is 0.474. The second-order valence-corrected chi connectivity index (χ2v) is 7.23. The van der Waals surface area contributed by atoms with Gasteiger partial charge in [0.25, 0.3) is 0 Å². The molecular formula is C19H27N3O6. The monoisotopic (exact) mass is 393 g/mol. The SMILES string of the molecule is C[C@H](NC(=O)[C@H](Cc1ccccc1)NC(=O)OC(C)(C)C)C(=O)NCC(=O)O. The third-order valence-corrected chi connectivity index (χ3v) is 3.46. The van der Waals surface area contributed by atoms with Crippen LogP contribution in [0.3, 0.4) is 0 Å². The number of carbonyl (C=O) groups excluding carboxylic acids is 3. The van der Waals surface area contributed by atoms with Gasteiger partial charge in [0.05, 0.1) is 0 Å². The number of ether oxygens (including phenoxy) is 1. The average Bonchev–Trinajstić information content (AvgIpc) is 2.58. The van der Waals surface area contributed by atoms with Crippen LogP contribution in [-0.4, -0.2) is 53.2 Å². The van der Waals surface area contributed by atoms with Crippen molar-refractivity contribution >= 4 is 23.9 Å². The van der Waals surface area contributed by atoms with Crippen LogP contribution in [0.25, 0.3) is 0 Å². The highest BCUT2D eigenvalue weighted by atomic mass is 16.6. The highest BCUT2D eigenvalue weighted by Crippen LogP contribution is 2.09. The van der Waals surface area contributed by atoms with E-state index in [1.54, 1.807) is 45.0 Å². The van der Waals surface area contributed by atoms with Crippen LogP contribution in [0.15, 0.2) is 30.3 Å². The predicted molar refractivity (Wildman–Crippen MR) is 102 cm³/mol. The Labute approximate surface area is 163 Å². The molecule has 2 atom stereocenters. The van der Waals surface area contributed by atoms with Crippen molar-refractivity contribution in [1.82, 2.24) is 16.0 Å². The third kappa shape index (κ3) is 9.02. The lowest BCUT2D eigenvalue weighted by Gasteiger charge is -2.24. The number of alkyl carbamates (subject to hydrolysis) is 1. The first-order chi connectivity index (χ1) is 13.0. The van der Waals surface area contributed by atoms with E-state index in [0.29, 0.717) is 0 Å². The second kappa shape index (κ2) is 10.3. The highest BCUT2D eigenvalue weighted by molar-refractivity contribution is 5.92. The lowest BCUT2D eigenvalue weighted by molar-refractivity contribution is -0.138. The van der Waals surface area contributed by atoms with Crippen molar-refractivity contribution in [2.24, 2.45) is 0 Å². The predicted octanol–water partition coefficient (Wildman–Crippen LogP) is 0.828. The minimum absolute atomic E-state index is 0.190. The van der Waals surface area contributed by atoms with Crippen LogP contribution in [0.5, 0.6) is 0 Å². The Morgan fingerprint density at radius 3 is 2.18 bits per heavy atom. The van der Waals surface area contributed by atoms with E-state index >= 15 is 0 Å². The van der Waals surface area contributed by atoms with Crippen LogP contribution < -0.4 is 16.0 Å². The standard InChI is InChI=1S/C19H27N3O6/c1-12(16(25)20-11-15(23)24)21-17(26)14(10-13-8-6-5-7-9-13)22-18(27)28-19(2,3)4/h5-9,12,14H,10-11H2,1-4H3,(H,20,25)(H,21,26)(H,22,27)(H,23,24)/t12-,14-/m0/s1. The molecule has 28 heavy (non-hydrogen) atoms. The topological polar surface area (TPSA) is 134 Å². The smallest absolute Gasteiger partial charge is 0.408 e. The van der Waals surface area contributed by atoms with Crippen LogP contribution in [-0.2, 0) is 25.5 Å². The Hall–Kier alpha value is -3.10. The summed E-state index contributed by atoms with van der Waals surface area (Å²) in [4.78, 5) is 47.1. The van der Waals surface area contributed by atoms with Crippen molar-refractivity contribution in [2.75, 3.05) is 6.54 Å². The van der Waals surface area contributed by atoms with Crippen LogP contribution in [0, 0.1) is 0 Å². The van der Waals surface area contributed by atoms with Gasteiger partial charge in [0, 0.05) is 6.42 Å². The average molecular weight is 393 g/mol. The van der Waals surface area contributed by atoms with Gasteiger partial charge in [-0.05, 0) is 33.3 Å². The van der Waals surface area contributed by atoms with Gasteiger partial charge in [-0.3, -0.25) is 14.4 Å². The molecule has 3 amide bonds. The zero-order valence-corrected chi connectivity index (χ0v) is 16.4. The zero-order chi connectivity index (χ0) is 21.3. The van der Waals surface area contributed by atoms with Gasteiger partial charge in [0.1, 0.15) is 24.2 Å². The molecule has 0 aliphatic heterocycles. The van der Waals surface area contributed by atoms with Crippen molar-refractivity contribution in [2.45, 2.75) is 51.8 Å². The van der Waals surface area contributed by atoms with E-state index in [4.69, 9.17) is 9.84 Å². The number of rotatable bonds is 8. The molecule has 0 saturated heterocycles. The number of aliphatic carboxylic acids is 1. The van der Waals surface area contributed by atoms with Gasteiger partial charge >= 0.3 is 12.1 Å². The Morgan fingerprint density at radius 1 is 1.04 bits per heavy atom. The first kappa shape index (κ1) is 22.9. The largest absolute Gasteiger partial charge is 0.480 e. The minimum Gasteiger partial charge on any atom is -0.480 e. The van der Waals surface area contributed by atoms with E-state index < -0.39 is 48.1 Å². The van der Waals surface area contributed by atoms with Gasteiger partial charge in [-0.1, -0.05) is 30.3 Å². The maximum Gasteiger partial charge on any atom is 0.408 e. The summed E-state index contributed by atoms with van der Waals surface area (Å²) >= 11 is 0. The van der Waals surface area contributed by atoms with Crippen molar-refractivity contribution < 1.29 is 29.0 Å². The fourth-order valence-electron chi connectivity index (χ4n) is 2.20. The van der Waals surface area contributed by atoms with Crippen LogP contribution >= 0.6 is 0 Å². The number of benzene rings is 1. The molecule has 0 bridgehead atoms. The normalized spacial score (nSPS) is 13.0. The number of carbonyl (C=O) groups is 4. The molecule has 1 rings (SSSR count). The number of hydrogen-bond donors (Lipinski definition) is 4. The van der Waals surface area contributed by atoms with Crippen molar-refractivity contribution in [1.29, 1.82) is 0 Å². The number of nitrogens with one attached hydrogen (secondary N) is 3. The van der Waals surface area contributed by atoms with Crippen molar-refractivity contribution in [3.05, 3.63) is 35.9 Å². The van der Waals surface area contributed by atoms with Gasteiger partial charge < -0.3 is 25.8 Å². The van der Waals surface area contributed by atoms with Gasteiger partial charge in [-0.15, -0.1) is 0 Å². The second-order valence-electron chi connectivity index (χ2n) is 7.23. The summed E-state index contributed by atoms with van der Waals surface area (Å²) in [5, 5.41) is 15.8. The fourth-order valence-corrected chi connectivity index (χ4v) is 2.20. The molecule has 0 aliphatic carbocycles. The summed E-state index contributed by atoms with van der Waals surface area (Å²) in [6.07, 6.45) is -0.568. The number of amides is 3. The van der Waals surface area contributed by atoms with E-state index in [2.05, 4.69) is 16.0 Å². The molecule has 1 aromatic rings. The molecule has 9 nitrogen and oxygen atoms in total. The molecular weight excluding hydrogens is 366 g/mol. The lowest BCUT2D eigenvalue weighted by Crippen LogP contribution is -2.54. The molecule has 0 saturated carbocycles. The van der Waals surface area contributed by atoms with E-state index in [9.17, 15) is 19.2 Å². The van der Waals surface area contributed by atoms with Crippen molar-refractivity contribution in [3.63, 3.8) is 0 Å². The number of hydrogen-bond acceptors (Lipinski definition) is 5. The molecule has 154 valence electrons. The summed E-state index contributed by atoms with van der Waals surface area (Å²) in [5.41, 5.74) is 0.0729.